The molecule has 4 heteroatoms. The van der Waals surface area contributed by atoms with E-state index >= 15 is 0 Å². The molecule has 3 nitrogen and oxygen atoms in total. The van der Waals surface area contributed by atoms with Crippen LogP contribution in [0.4, 0.5) is 11.6 Å². The average molecular weight is 334 g/mol. The third kappa shape index (κ3) is 2.75. The lowest BCUT2D eigenvalue weighted by Crippen LogP contribution is -2.14. The van der Waals surface area contributed by atoms with Crippen LogP contribution in [-0.4, -0.2) is 9.55 Å². The highest BCUT2D eigenvalue weighted by Crippen LogP contribution is 2.33. The summed E-state index contributed by atoms with van der Waals surface area (Å²) in [4.78, 5) is 4.49. The van der Waals surface area contributed by atoms with Crippen LogP contribution in [0.25, 0.3) is 0 Å². The van der Waals surface area contributed by atoms with Crippen LogP contribution in [-0.2, 0) is 0 Å². The van der Waals surface area contributed by atoms with E-state index < -0.39 is 0 Å². The molecule has 0 unspecified atom stereocenters. The molecule has 0 amide bonds. The maximum atomic E-state index is 4.49. The third-order valence-electron chi connectivity index (χ3n) is 4.08. The summed E-state index contributed by atoms with van der Waals surface area (Å²) < 4.78 is 3.41. The van der Waals surface area contributed by atoms with Gasteiger partial charge in [-0.15, -0.1) is 0 Å². The SMILES string of the molecule is Cc1cccc(Nc2nccn2C2CCCCC2)c1Br. The van der Waals surface area contributed by atoms with E-state index in [9.17, 15) is 0 Å². The number of hydrogen-bond donors (Lipinski definition) is 1. The minimum absolute atomic E-state index is 0.595. The van der Waals surface area contributed by atoms with E-state index in [-0.39, 0.29) is 0 Å². The number of imidazole rings is 1. The van der Waals surface area contributed by atoms with Gasteiger partial charge in [0.2, 0.25) is 5.95 Å². The van der Waals surface area contributed by atoms with Crippen molar-refractivity contribution in [3.8, 4) is 0 Å². The van der Waals surface area contributed by atoms with Crippen molar-refractivity contribution in [2.45, 2.75) is 45.1 Å². The number of anilines is 2. The zero-order valence-corrected chi connectivity index (χ0v) is 13.4. The fourth-order valence-corrected chi connectivity index (χ4v) is 3.29. The second-order valence-electron chi connectivity index (χ2n) is 5.51. The molecular weight excluding hydrogens is 314 g/mol. The molecule has 1 aromatic heterocycles. The minimum atomic E-state index is 0.595. The van der Waals surface area contributed by atoms with Crippen molar-refractivity contribution in [3.05, 3.63) is 40.6 Å². The maximum Gasteiger partial charge on any atom is 0.207 e. The van der Waals surface area contributed by atoms with Crippen molar-refractivity contribution in [2.75, 3.05) is 5.32 Å². The molecule has 1 N–H and O–H groups in total. The summed E-state index contributed by atoms with van der Waals surface area (Å²) in [6, 6.07) is 6.84. The van der Waals surface area contributed by atoms with Gasteiger partial charge in [0.1, 0.15) is 0 Å². The third-order valence-corrected chi connectivity index (χ3v) is 5.13. The Kier molecular flexibility index (Phi) is 4.10. The molecule has 3 rings (SSSR count). The molecule has 1 heterocycles. The lowest BCUT2D eigenvalue weighted by atomic mass is 9.95. The minimum Gasteiger partial charge on any atom is -0.325 e. The largest absolute Gasteiger partial charge is 0.325 e. The average Bonchev–Trinajstić information content (AvgIpc) is 2.93. The zero-order valence-electron chi connectivity index (χ0n) is 11.8. The number of nitrogens with one attached hydrogen (secondary N) is 1. The monoisotopic (exact) mass is 333 g/mol. The van der Waals surface area contributed by atoms with Crippen LogP contribution in [0.15, 0.2) is 35.1 Å². The molecule has 1 aromatic carbocycles. The summed E-state index contributed by atoms with van der Waals surface area (Å²) in [6.07, 6.45) is 10.5. The van der Waals surface area contributed by atoms with Gasteiger partial charge in [0.15, 0.2) is 0 Å². The van der Waals surface area contributed by atoms with Crippen molar-refractivity contribution in [1.29, 1.82) is 0 Å². The Morgan fingerprint density at radius 1 is 1.25 bits per heavy atom. The highest BCUT2D eigenvalue weighted by molar-refractivity contribution is 9.10. The Morgan fingerprint density at radius 3 is 2.85 bits per heavy atom. The van der Waals surface area contributed by atoms with Gasteiger partial charge >= 0.3 is 0 Å². The van der Waals surface area contributed by atoms with Crippen molar-refractivity contribution in [2.24, 2.45) is 0 Å². The van der Waals surface area contributed by atoms with Gasteiger partial charge in [-0.25, -0.2) is 4.98 Å². The van der Waals surface area contributed by atoms with Gasteiger partial charge in [0.25, 0.3) is 0 Å². The molecule has 106 valence electrons. The molecular formula is C16H20BrN3. The van der Waals surface area contributed by atoms with Gasteiger partial charge in [-0.3, -0.25) is 0 Å². The van der Waals surface area contributed by atoms with E-state index in [1.165, 1.54) is 37.7 Å². The van der Waals surface area contributed by atoms with Crippen LogP contribution in [0.1, 0.15) is 43.7 Å². The second kappa shape index (κ2) is 6.00. The first kappa shape index (κ1) is 13.7. The van der Waals surface area contributed by atoms with Crippen LogP contribution in [0, 0.1) is 6.92 Å². The summed E-state index contributed by atoms with van der Waals surface area (Å²) in [5.74, 6) is 0.947. The first-order chi connectivity index (χ1) is 9.75. The molecule has 0 saturated heterocycles. The maximum absolute atomic E-state index is 4.49. The van der Waals surface area contributed by atoms with Gasteiger partial charge in [-0.1, -0.05) is 31.4 Å². The van der Waals surface area contributed by atoms with Crippen LogP contribution in [0.5, 0.6) is 0 Å². The Morgan fingerprint density at radius 2 is 2.05 bits per heavy atom. The predicted octanol–water partition coefficient (Wildman–Crippen LogP) is 5.20. The molecule has 0 radical (unpaired) electrons. The normalized spacial score (nSPS) is 16.3. The number of hydrogen-bond acceptors (Lipinski definition) is 2. The highest BCUT2D eigenvalue weighted by atomic mass is 79.9. The molecule has 0 aliphatic heterocycles. The van der Waals surface area contributed by atoms with Crippen LogP contribution < -0.4 is 5.32 Å². The number of aromatic nitrogens is 2. The van der Waals surface area contributed by atoms with E-state index in [0.29, 0.717) is 6.04 Å². The fourth-order valence-electron chi connectivity index (χ4n) is 2.93. The molecule has 0 spiro atoms. The number of rotatable bonds is 3. The molecule has 0 atom stereocenters. The molecule has 1 saturated carbocycles. The Bertz CT molecular complexity index is 585. The first-order valence-corrected chi connectivity index (χ1v) is 8.10. The Hall–Kier alpha value is -1.29. The molecule has 1 fully saturated rings. The summed E-state index contributed by atoms with van der Waals surface area (Å²) in [6.45, 7) is 2.10. The van der Waals surface area contributed by atoms with Crippen molar-refractivity contribution < 1.29 is 0 Å². The first-order valence-electron chi connectivity index (χ1n) is 7.30. The van der Waals surface area contributed by atoms with E-state index in [1.54, 1.807) is 0 Å². The Labute approximate surface area is 128 Å². The molecule has 20 heavy (non-hydrogen) atoms. The molecule has 1 aliphatic carbocycles. The van der Waals surface area contributed by atoms with Crippen molar-refractivity contribution in [3.63, 3.8) is 0 Å². The predicted molar refractivity (Wildman–Crippen MR) is 86.5 cm³/mol. The number of aryl methyl sites for hydroxylation is 1. The van der Waals surface area contributed by atoms with Gasteiger partial charge < -0.3 is 9.88 Å². The quantitative estimate of drug-likeness (QED) is 0.836. The van der Waals surface area contributed by atoms with Crippen LogP contribution in [0.3, 0.4) is 0 Å². The number of benzene rings is 1. The molecule has 2 aromatic rings. The Balaban J connectivity index is 1.84. The second-order valence-corrected chi connectivity index (χ2v) is 6.30. The van der Waals surface area contributed by atoms with Crippen LogP contribution in [0.2, 0.25) is 0 Å². The van der Waals surface area contributed by atoms with E-state index in [2.05, 4.69) is 62.1 Å². The standard InChI is InChI=1S/C16H20BrN3/c1-12-6-5-9-14(15(12)17)19-16-18-10-11-20(16)13-7-3-2-4-8-13/h5-6,9-11,13H,2-4,7-8H2,1H3,(H,18,19). The fraction of sp³-hybridized carbons (Fsp3) is 0.438. The summed E-state index contributed by atoms with van der Waals surface area (Å²) in [5, 5.41) is 3.46. The lowest BCUT2D eigenvalue weighted by molar-refractivity contribution is 0.356. The highest BCUT2D eigenvalue weighted by Gasteiger charge is 2.18. The lowest BCUT2D eigenvalue weighted by Gasteiger charge is -2.25. The van der Waals surface area contributed by atoms with E-state index in [0.717, 1.165) is 16.1 Å². The van der Waals surface area contributed by atoms with Crippen LogP contribution >= 0.6 is 15.9 Å². The van der Waals surface area contributed by atoms with Gasteiger partial charge in [-0.2, -0.15) is 0 Å². The number of halogens is 1. The van der Waals surface area contributed by atoms with E-state index in [4.69, 9.17) is 0 Å². The summed E-state index contributed by atoms with van der Waals surface area (Å²) in [7, 11) is 0. The van der Waals surface area contributed by atoms with E-state index in [1.807, 2.05) is 6.20 Å². The topological polar surface area (TPSA) is 29.9 Å². The van der Waals surface area contributed by atoms with Crippen molar-refractivity contribution >= 4 is 27.6 Å². The van der Waals surface area contributed by atoms with Gasteiger partial charge in [0, 0.05) is 22.9 Å². The van der Waals surface area contributed by atoms with Gasteiger partial charge in [0.05, 0.1) is 5.69 Å². The summed E-state index contributed by atoms with van der Waals surface area (Å²) in [5.41, 5.74) is 2.30. The van der Waals surface area contributed by atoms with Gasteiger partial charge in [-0.05, 0) is 47.3 Å². The zero-order chi connectivity index (χ0) is 13.9. The smallest absolute Gasteiger partial charge is 0.207 e. The molecule has 1 aliphatic rings. The van der Waals surface area contributed by atoms with Crippen molar-refractivity contribution in [1.82, 2.24) is 9.55 Å². The molecule has 0 bridgehead atoms. The number of nitrogens with zero attached hydrogens (tertiary/aromatic N) is 2. The summed E-state index contributed by atoms with van der Waals surface area (Å²) >= 11 is 3.65.